The van der Waals surface area contributed by atoms with Gasteiger partial charge in [-0.2, -0.15) is 13.2 Å². The molecule has 0 atom stereocenters. The number of para-hydroxylation sites is 1. The summed E-state index contributed by atoms with van der Waals surface area (Å²) in [4.78, 5) is 12.0. The van der Waals surface area contributed by atoms with E-state index in [9.17, 15) is 18.0 Å². The number of carbonyl (C=O) groups excluding carboxylic acids is 1. The summed E-state index contributed by atoms with van der Waals surface area (Å²) >= 11 is 0. The zero-order valence-corrected chi connectivity index (χ0v) is 16.4. The molecule has 0 bridgehead atoms. The second-order valence-corrected chi connectivity index (χ2v) is 7.31. The number of hydrogen-bond donors (Lipinski definition) is 1. The largest absolute Gasteiger partial charge is 0.494 e. The normalized spacial score (nSPS) is 11.9. The van der Waals surface area contributed by atoms with Crippen LogP contribution in [-0.2, 0) is 16.4 Å². The van der Waals surface area contributed by atoms with Crippen LogP contribution in [0.4, 0.5) is 18.9 Å². The molecular weight excluding hydrogens is 367 g/mol. The Balaban J connectivity index is 1.81. The highest BCUT2D eigenvalue weighted by Gasteiger charge is 2.33. The maximum Gasteiger partial charge on any atom is 0.418 e. The number of amides is 1. The fourth-order valence-corrected chi connectivity index (χ4v) is 2.68. The Bertz CT molecular complexity index is 783. The summed E-state index contributed by atoms with van der Waals surface area (Å²) in [5, 5.41) is 2.33. The van der Waals surface area contributed by atoms with Gasteiger partial charge in [0, 0.05) is 6.42 Å². The Kier molecular flexibility index (Phi) is 7.11. The minimum atomic E-state index is -4.51. The van der Waals surface area contributed by atoms with E-state index in [1.54, 1.807) is 0 Å². The molecule has 0 saturated carbocycles. The van der Waals surface area contributed by atoms with E-state index in [2.05, 4.69) is 26.1 Å². The molecule has 0 aliphatic carbocycles. The molecule has 0 unspecified atom stereocenters. The molecule has 6 heteroatoms. The molecule has 0 spiro atoms. The van der Waals surface area contributed by atoms with Crippen molar-refractivity contribution in [2.24, 2.45) is 0 Å². The number of anilines is 1. The topological polar surface area (TPSA) is 38.3 Å². The minimum Gasteiger partial charge on any atom is -0.494 e. The highest BCUT2D eigenvalue weighted by atomic mass is 19.4. The van der Waals surface area contributed by atoms with Gasteiger partial charge in [-0.3, -0.25) is 4.79 Å². The van der Waals surface area contributed by atoms with Crippen LogP contribution in [0.5, 0.6) is 5.75 Å². The Morgan fingerprint density at radius 3 is 2.29 bits per heavy atom. The molecular formula is C22H26F3NO2. The van der Waals surface area contributed by atoms with Crippen molar-refractivity contribution in [2.45, 2.75) is 51.6 Å². The first-order chi connectivity index (χ1) is 13.1. The zero-order valence-electron chi connectivity index (χ0n) is 16.4. The monoisotopic (exact) mass is 393 g/mol. The van der Waals surface area contributed by atoms with Gasteiger partial charge in [0.2, 0.25) is 5.91 Å². The molecule has 0 aromatic heterocycles. The van der Waals surface area contributed by atoms with Gasteiger partial charge < -0.3 is 10.1 Å². The molecule has 0 aliphatic rings. The number of alkyl halides is 3. The van der Waals surface area contributed by atoms with Crippen molar-refractivity contribution in [1.82, 2.24) is 0 Å². The number of benzene rings is 2. The first-order valence-electron chi connectivity index (χ1n) is 9.33. The van der Waals surface area contributed by atoms with Crippen LogP contribution in [0.2, 0.25) is 0 Å². The second-order valence-electron chi connectivity index (χ2n) is 7.31. The predicted molar refractivity (Wildman–Crippen MR) is 105 cm³/mol. The third kappa shape index (κ3) is 6.01. The molecule has 2 aromatic rings. The van der Waals surface area contributed by atoms with Crippen LogP contribution in [0.3, 0.4) is 0 Å². The van der Waals surface area contributed by atoms with Crippen molar-refractivity contribution in [1.29, 1.82) is 0 Å². The van der Waals surface area contributed by atoms with E-state index in [0.717, 1.165) is 12.5 Å². The van der Waals surface area contributed by atoms with E-state index in [1.165, 1.54) is 23.8 Å². The van der Waals surface area contributed by atoms with Crippen LogP contribution < -0.4 is 10.1 Å². The fraction of sp³-hybridized carbons (Fsp3) is 0.409. The summed E-state index contributed by atoms with van der Waals surface area (Å²) in [5.41, 5.74) is 0.248. The first kappa shape index (κ1) is 21.8. The van der Waals surface area contributed by atoms with Gasteiger partial charge in [-0.1, -0.05) is 45.0 Å². The maximum atomic E-state index is 12.9. The molecule has 3 nitrogen and oxygen atoms in total. The number of rotatable bonds is 8. The molecule has 0 fully saturated rings. The van der Waals surface area contributed by atoms with Crippen LogP contribution in [0.15, 0.2) is 48.5 Å². The lowest BCUT2D eigenvalue weighted by Crippen LogP contribution is -2.17. The van der Waals surface area contributed by atoms with Crippen molar-refractivity contribution < 1.29 is 22.7 Å². The lowest BCUT2D eigenvalue weighted by atomic mass is 9.82. The van der Waals surface area contributed by atoms with Gasteiger partial charge in [0.05, 0.1) is 17.9 Å². The molecule has 1 N–H and O–H groups in total. The zero-order chi connectivity index (χ0) is 20.8. The van der Waals surface area contributed by atoms with Crippen molar-refractivity contribution >= 4 is 11.6 Å². The van der Waals surface area contributed by atoms with Gasteiger partial charge in [-0.05, 0) is 48.1 Å². The number of nitrogens with one attached hydrogen (secondary N) is 1. The van der Waals surface area contributed by atoms with E-state index in [-0.39, 0.29) is 17.5 Å². The van der Waals surface area contributed by atoms with Crippen LogP contribution in [-0.4, -0.2) is 12.5 Å². The highest BCUT2D eigenvalue weighted by molar-refractivity contribution is 5.91. The van der Waals surface area contributed by atoms with E-state index in [4.69, 9.17) is 4.74 Å². The summed E-state index contributed by atoms with van der Waals surface area (Å²) < 4.78 is 44.5. The van der Waals surface area contributed by atoms with Gasteiger partial charge in [-0.25, -0.2) is 0 Å². The molecule has 0 aliphatic heterocycles. The van der Waals surface area contributed by atoms with Gasteiger partial charge in [-0.15, -0.1) is 0 Å². The third-order valence-corrected chi connectivity index (χ3v) is 4.84. The Morgan fingerprint density at radius 1 is 1.04 bits per heavy atom. The van der Waals surface area contributed by atoms with Crippen molar-refractivity contribution in [3.63, 3.8) is 0 Å². The summed E-state index contributed by atoms with van der Waals surface area (Å²) in [6.45, 7) is 6.81. The van der Waals surface area contributed by atoms with Crippen LogP contribution in [0.1, 0.15) is 51.2 Å². The standard InChI is InChI=1S/C22H26F3NO2/c1-4-21(2,3)16-11-13-17(14-12-16)28-15-7-10-20(27)26-19-9-6-5-8-18(19)22(23,24)25/h5-6,8-9,11-14H,4,7,10,15H2,1-3H3,(H,26,27). The lowest BCUT2D eigenvalue weighted by molar-refractivity contribution is -0.137. The average molecular weight is 393 g/mol. The minimum absolute atomic E-state index is 0.0765. The number of halogens is 3. The van der Waals surface area contributed by atoms with Crippen LogP contribution in [0, 0.1) is 0 Å². The molecule has 152 valence electrons. The number of carbonyl (C=O) groups is 1. The first-order valence-corrected chi connectivity index (χ1v) is 9.33. The molecule has 0 heterocycles. The second kappa shape index (κ2) is 9.13. The molecule has 0 saturated heterocycles. The smallest absolute Gasteiger partial charge is 0.418 e. The molecule has 1 amide bonds. The Morgan fingerprint density at radius 2 is 1.68 bits per heavy atom. The van der Waals surface area contributed by atoms with Gasteiger partial charge >= 0.3 is 6.18 Å². The molecule has 0 radical (unpaired) electrons. The molecule has 2 aromatic carbocycles. The highest BCUT2D eigenvalue weighted by Crippen LogP contribution is 2.34. The van der Waals surface area contributed by atoms with Gasteiger partial charge in [0.15, 0.2) is 0 Å². The van der Waals surface area contributed by atoms with E-state index >= 15 is 0 Å². The molecule has 2 rings (SSSR count). The molecule has 28 heavy (non-hydrogen) atoms. The quantitative estimate of drug-likeness (QED) is 0.543. The van der Waals surface area contributed by atoms with Crippen LogP contribution >= 0.6 is 0 Å². The Hall–Kier alpha value is -2.50. The van der Waals surface area contributed by atoms with E-state index in [1.807, 2.05) is 24.3 Å². The fourth-order valence-electron chi connectivity index (χ4n) is 2.68. The number of ether oxygens (including phenoxy) is 1. The van der Waals surface area contributed by atoms with Gasteiger partial charge in [0.25, 0.3) is 0 Å². The summed E-state index contributed by atoms with van der Waals surface area (Å²) in [7, 11) is 0. The lowest BCUT2D eigenvalue weighted by Gasteiger charge is -2.23. The summed E-state index contributed by atoms with van der Waals surface area (Å²) in [6.07, 6.45) is -3.00. The van der Waals surface area contributed by atoms with E-state index < -0.39 is 17.6 Å². The van der Waals surface area contributed by atoms with Crippen LogP contribution in [0.25, 0.3) is 0 Å². The van der Waals surface area contributed by atoms with E-state index in [0.29, 0.717) is 18.8 Å². The van der Waals surface area contributed by atoms with Crippen molar-refractivity contribution in [3.05, 3.63) is 59.7 Å². The number of hydrogen-bond acceptors (Lipinski definition) is 2. The van der Waals surface area contributed by atoms with Gasteiger partial charge in [0.1, 0.15) is 5.75 Å². The maximum absolute atomic E-state index is 12.9. The SMILES string of the molecule is CCC(C)(C)c1ccc(OCCCC(=O)Nc2ccccc2C(F)(F)F)cc1. The predicted octanol–water partition coefficient (Wildman–Crippen LogP) is 6.19. The Labute approximate surface area is 163 Å². The van der Waals surface area contributed by atoms with Crippen molar-refractivity contribution in [3.8, 4) is 5.75 Å². The third-order valence-electron chi connectivity index (χ3n) is 4.84. The average Bonchev–Trinajstić information content (AvgIpc) is 2.65. The van der Waals surface area contributed by atoms with Crippen molar-refractivity contribution in [2.75, 3.05) is 11.9 Å². The summed E-state index contributed by atoms with van der Waals surface area (Å²) in [6, 6.07) is 12.8. The summed E-state index contributed by atoms with van der Waals surface area (Å²) in [5.74, 6) is 0.235.